The lowest BCUT2D eigenvalue weighted by molar-refractivity contribution is -0.880. The number of hydrazone groups is 1. The highest BCUT2D eigenvalue weighted by Crippen LogP contribution is 1.97. The maximum atomic E-state index is 11.7. The summed E-state index contributed by atoms with van der Waals surface area (Å²) in [5.74, 6) is -0.175. The minimum atomic E-state index is -0.175. The Kier molecular flexibility index (Phi) is 3.82. The van der Waals surface area contributed by atoms with Crippen molar-refractivity contribution in [2.45, 2.75) is 12.8 Å². The molecule has 0 atom stereocenters. The molecule has 2 rings (SSSR count). The number of nitrogens with zero attached hydrogens (tertiary/aromatic N) is 2. The van der Waals surface area contributed by atoms with Crippen molar-refractivity contribution in [3.8, 4) is 0 Å². The Morgan fingerprint density at radius 3 is 2.65 bits per heavy atom. The number of carbonyl (C=O) groups is 1. The van der Waals surface area contributed by atoms with Crippen LogP contribution in [0.3, 0.4) is 0 Å². The van der Waals surface area contributed by atoms with Gasteiger partial charge in [-0.15, -0.1) is 0 Å². The Labute approximate surface area is 101 Å². The zero-order chi connectivity index (χ0) is 12.1. The summed E-state index contributed by atoms with van der Waals surface area (Å²) in [5, 5.41) is 4.18. The number of rotatable bonds is 2. The lowest BCUT2D eigenvalue weighted by atomic mass is 10.1. The van der Waals surface area contributed by atoms with Crippen LogP contribution in [-0.4, -0.2) is 36.7 Å². The first-order chi connectivity index (χ1) is 8.25. The summed E-state index contributed by atoms with van der Waals surface area (Å²) in [4.78, 5) is 17.1. The molecule has 2 heterocycles. The molecular formula is C12H17N4O+. The molecule has 0 aliphatic carbocycles. The van der Waals surface area contributed by atoms with Crippen LogP contribution >= 0.6 is 0 Å². The topological polar surface area (TPSA) is 58.8 Å². The highest BCUT2D eigenvalue weighted by molar-refractivity contribution is 5.95. The first-order valence-corrected chi connectivity index (χ1v) is 5.83. The van der Waals surface area contributed by atoms with Gasteiger partial charge >= 0.3 is 0 Å². The van der Waals surface area contributed by atoms with Gasteiger partial charge in [0.25, 0.3) is 5.91 Å². The molecule has 1 aliphatic rings. The maximum absolute atomic E-state index is 11.7. The number of aromatic nitrogens is 1. The second-order valence-corrected chi connectivity index (χ2v) is 4.31. The lowest BCUT2D eigenvalue weighted by Crippen LogP contribution is -3.10. The predicted molar refractivity (Wildman–Crippen MR) is 65.0 cm³/mol. The lowest BCUT2D eigenvalue weighted by Gasteiger charge is -2.20. The van der Waals surface area contributed by atoms with Crippen molar-refractivity contribution in [2.75, 3.05) is 20.1 Å². The van der Waals surface area contributed by atoms with Gasteiger partial charge in [0.2, 0.25) is 0 Å². The molecule has 0 radical (unpaired) electrons. The van der Waals surface area contributed by atoms with Crippen LogP contribution in [0, 0.1) is 0 Å². The largest absolute Gasteiger partial charge is 0.337 e. The summed E-state index contributed by atoms with van der Waals surface area (Å²) in [7, 11) is 2.17. The highest BCUT2D eigenvalue weighted by Gasteiger charge is 2.14. The fourth-order valence-electron chi connectivity index (χ4n) is 1.77. The number of hydrogen-bond acceptors (Lipinski definition) is 3. The van der Waals surface area contributed by atoms with Crippen molar-refractivity contribution < 1.29 is 9.69 Å². The smallest absolute Gasteiger partial charge is 0.271 e. The van der Waals surface area contributed by atoms with E-state index in [1.165, 1.54) is 4.90 Å². The second kappa shape index (κ2) is 5.54. The van der Waals surface area contributed by atoms with Crippen LogP contribution in [0.1, 0.15) is 23.2 Å². The van der Waals surface area contributed by atoms with Crippen LogP contribution in [-0.2, 0) is 0 Å². The Hall–Kier alpha value is -1.75. The Bertz CT molecular complexity index is 406. The van der Waals surface area contributed by atoms with E-state index >= 15 is 0 Å². The molecule has 1 aliphatic heterocycles. The average Bonchev–Trinajstić information content (AvgIpc) is 2.39. The SMILES string of the molecule is C[NH+]1CCC(=NNC(=O)c2ccncc2)CC1. The summed E-state index contributed by atoms with van der Waals surface area (Å²) < 4.78 is 0. The second-order valence-electron chi connectivity index (χ2n) is 4.31. The van der Waals surface area contributed by atoms with Crippen LogP contribution in [0.5, 0.6) is 0 Å². The first kappa shape index (κ1) is 11.7. The fourth-order valence-corrected chi connectivity index (χ4v) is 1.77. The molecule has 90 valence electrons. The third-order valence-electron chi connectivity index (χ3n) is 2.94. The number of amides is 1. The van der Waals surface area contributed by atoms with Crippen molar-refractivity contribution in [2.24, 2.45) is 5.10 Å². The molecule has 5 nitrogen and oxygen atoms in total. The van der Waals surface area contributed by atoms with Crippen molar-refractivity contribution in [3.63, 3.8) is 0 Å². The van der Waals surface area contributed by atoms with Crippen LogP contribution in [0.25, 0.3) is 0 Å². The third kappa shape index (κ3) is 3.35. The van der Waals surface area contributed by atoms with E-state index in [4.69, 9.17) is 0 Å². The minimum absolute atomic E-state index is 0.175. The van der Waals surface area contributed by atoms with Gasteiger partial charge in [-0.25, -0.2) is 5.43 Å². The van der Waals surface area contributed by atoms with Gasteiger partial charge in [-0.3, -0.25) is 9.78 Å². The van der Waals surface area contributed by atoms with Crippen LogP contribution in [0.2, 0.25) is 0 Å². The zero-order valence-corrected chi connectivity index (χ0v) is 9.94. The van der Waals surface area contributed by atoms with Crippen molar-refractivity contribution >= 4 is 11.6 Å². The Morgan fingerprint density at radius 2 is 2.00 bits per heavy atom. The number of carbonyl (C=O) groups excluding carboxylic acids is 1. The average molecular weight is 233 g/mol. The quantitative estimate of drug-likeness (QED) is 0.675. The fraction of sp³-hybridized carbons (Fsp3) is 0.417. The highest BCUT2D eigenvalue weighted by atomic mass is 16.2. The monoisotopic (exact) mass is 233 g/mol. The molecule has 1 fully saturated rings. The number of nitrogens with one attached hydrogen (secondary N) is 2. The van der Waals surface area contributed by atoms with E-state index in [0.29, 0.717) is 5.56 Å². The van der Waals surface area contributed by atoms with Crippen molar-refractivity contribution in [1.29, 1.82) is 0 Å². The van der Waals surface area contributed by atoms with Crippen LogP contribution < -0.4 is 10.3 Å². The molecule has 0 bridgehead atoms. The van der Waals surface area contributed by atoms with Gasteiger partial charge in [-0.1, -0.05) is 0 Å². The normalized spacial score (nSPS) is 19.8. The van der Waals surface area contributed by atoms with Crippen molar-refractivity contribution in [1.82, 2.24) is 10.4 Å². The van der Waals surface area contributed by atoms with Gasteiger partial charge < -0.3 is 4.90 Å². The van der Waals surface area contributed by atoms with Crippen LogP contribution in [0.15, 0.2) is 29.6 Å². The molecule has 1 aromatic heterocycles. The van der Waals surface area contributed by atoms with Gasteiger partial charge in [-0.2, -0.15) is 5.10 Å². The summed E-state index contributed by atoms with van der Waals surface area (Å²) in [6.07, 6.45) is 5.12. The molecule has 1 saturated heterocycles. The molecule has 2 N–H and O–H groups in total. The van der Waals surface area contributed by atoms with Gasteiger partial charge in [-0.05, 0) is 12.1 Å². The molecule has 1 amide bonds. The number of likely N-dealkylation sites (tertiary alicyclic amines) is 1. The zero-order valence-electron chi connectivity index (χ0n) is 9.94. The maximum Gasteiger partial charge on any atom is 0.271 e. The van der Waals surface area contributed by atoms with E-state index < -0.39 is 0 Å². The van der Waals surface area contributed by atoms with E-state index in [1.54, 1.807) is 24.5 Å². The Balaban J connectivity index is 1.90. The predicted octanol–water partition coefficient (Wildman–Crippen LogP) is -0.524. The van der Waals surface area contributed by atoms with Gasteiger partial charge in [0.05, 0.1) is 20.1 Å². The molecule has 17 heavy (non-hydrogen) atoms. The molecular weight excluding hydrogens is 216 g/mol. The molecule has 1 aromatic rings. The third-order valence-corrected chi connectivity index (χ3v) is 2.94. The van der Waals surface area contributed by atoms with Gasteiger partial charge in [0.1, 0.15) is 0 Å². The number of piperidine rings is 1. The van der Waals surface area contributed by atoms with E-state index in [0.717, 1.165) is 31.6 Å². The molecule has 0 unspecified atom stereocenters. The Morgan fingerprint density at radius 1 is 1.35 bits per heavy atom. The van der Waals surface area contributed by atoms with E-state index in [9.17, 15) is 4.79 Å². The molecule has 5 heteroatoms. The van der Waals surface area contributed by atoms with E-state index in [1.807, 2.05) is 0 Å². The summed E-state index contributed by atoms with van der Waals surface area (Å²) >= 11 is 0. The number of quaternary nitrogens is 1. The van der Waals surface area contributed by atoms with E-state index in [-0.39, 0.29) is 5.91 Å². The first-order valence-electron chi connectivity index (χ1n) is 5.83. The van der Waals surface area contributed by atoms with Crippen LogP contribution in [0.4, 0.5) is 0 Å². The standard InChI is InChI=1S/C12H16N4O/c1-16-8-4-11(5-9-16)14-15-12(17)10-2-6-13-7-3-10/h2-3,6-7H,4-5,8-9H2,1H3,(H,15,17)/p+1. The number of pyridine rings is 1. The van der Waals surface area contributed by atoms with E-state index in [2.05, 4.69) is 22.6 Å². The summed E-state index contributed by atoms with van der Waals surface area (Å²) in [5.41, 5.74) is 4.26. The van der Waals surface area contributed by atoms with Gasteiger partial charge in [0.15, 0.2) is 0 Å². The molecule has 0 spiro atoms. The number of hydrogen-bond donors (Lipinski definition) is 2. The molecule has 0 saturated carbocycles. The minimum Gasteiger partial charge on any atom is -0.337 e. The van der Waals surface area contributed by atoms with Crippen molar-refractivity contribution in [3.05, 3.63) is 30.1 Å². The summed E-state index contributed by atoms with van der Waals surface area (Å²) in [6, 6.07) is 3.35. The summed E-state index contributed by atoms with van der Waals surface area (Å²) in [6.45, 7) is 2.17. The molecule has 0 aromatic carbocycles. The van der Waals surface area contributed by atoms with Gasteiger partial charge in [0, 0.05) is 36.5 Å².